The van der Waals surface area contributed by atoms with Crippen LogP contribution in [0.5, 0.6) is 0 Å². The van der Waals surface area contributed by atoms with Crippen molar-refractivity contribution in [1.29, 1.82) is 0 Å². The normalized spacial score (nSPS) is 11.7. The highest BCUT2D eigenvalue weighted by Crippen LogP contribution is 2.30. The van der Waals surface area contributed by atoms with Gasteiger partial charge in [-0.25, -0.2) is 9.97 Å². The van der Waals surface area contributed by atoms with Crippen LogP contribution in [0.1, 0.15) is 11.3 Å². The molecule has 2 rings (SSSR count). The van der Waals surface area contributed by atoms with Crippen LogP contribution in [-0.2, 0) is 19.8 Å². The molecule has 0 radical (unpaired) electrons. The number of alkyl halides is 3. The summed E-state index contributed by atoms with van der Waals surface area (Å²) in [6.07, 6.45) is -1.16. The van der Waals surface area contributed by atoms with Gasteiger partial charge in [0.15, 0.2) is 5.69 Å². The minimum Gasteiger partial charge on any atom is -0.355 e. The lowest BCUT2D eigenvalue weighted by atomic mass is 10.3. The third-order valence-corrected chi connectivity index (χ3v) is 2.71. The van der Waals surface area contributed by atoms with E-state index in [1.807, 2.05) is 0 Å². The Morgan fingerprint density at radius 1 is 1.35 bits per heavy atom. The fourth-order valence-electron chi connectivity index (χ4n) is 1.65. The van der Waals surface area contributed by atoms with Gasteiger partial charge in [0.2, 0.25) is 5.28 Å². The second kappa shape index (κ2) is 5.28. The number of nitrogens with zero attached hydrogens (tertiary/aromatic N) is 5. The molecule has 9 heteroatoms. The molecule has 2 aromatic rings. The van der Waals surface area contributed by atoms with Gasteiger partial charge in [0.25, 0.3) is 0 Å². The Morgan fingerprint density at radius 2 is 2.05 bits per heavy atom. The van der Waals surface area contributed by atoms with Gasteiger partial charge in [-0.05, 0) is 11.6 Å². The first-order chi connectivity index (χ1) is 9.25. The number of halogens is 4. The molecular weight excluding hydrogens is 295 g/mol. The maximum Gasteiger partial charge on any atom is 0.433 e. The number of aryl methyl sites for hydroxylation is 1. The molecule has 0 N–H and O–H groups in total. The van der Waals surface area contributed by atoms with E-state index in [2.05, 4.69) is 15.1 Å². The highest BCUT2D eigenvalue weighted by atomic mass is 35.5. The van der Waals surface area contributed by atoms with Crippen molar-refractivity contribution in [2.45, 2.75) is 12.7 Å². The lowest BCUT2D eigenvalue weighted by molar-refractivity contribution is -0.141. The van der Waals surface area contributed by atoms with E-state index >= 15 is 0 Å². The maximum absolute atomic E-state index is 12.7. The van der Waals surface area contributed by atoms with Crippen LogP contribution in [-0.4, -0.2) is 26.8 Å². The number of aromatic nitrogens is 4. The van der Waals surface area contributed by atoms with E-state index in [1.54, 1.807) is 36.1 Å². The molecule has 0 saturated heterocycles. The predicted molar refractivity (Wildman–Crippen MR) is 67.4 cm³/mol. The second-order valence-corrected chi connectivity index (χ2v) is 4.59. The minimum atomic E-state index is -4.56. The van der Waals surface area contributed by atoms with E-state index in [0.717, 1.165) is 11.6 Å². The summed E-state index contributed by atoms with van der Waals surface area (Å²) in [5.41, 5.74) is -0.219. The molecule has 0 spiro atoms. The molecule has 0 amide bonds. The summed E-state index contributed by atoms with van der Waals surface area (Å²) < 4.78 is 39.6. The highest BCUT2D eigenvalue weighted by molar-refractivity contribution is 6.28. The first kappa shape index (κ1) is 14.6. The lowest BCUT2D eigenvalue weighted by Crippen LogP contribution is -2.19. The molecule has 0 aromatic carbocycles. The molecule has 2 aromatic heterocycles. The van der Waals surface area contributed by atoms with Crippen LogP contribution in [0.4, 0.5) is 19.0 Å². The summed E-state index contributed by atoms with van der Waals surface area (Å²) in [5, 5.41) is 3.55. The van der Waals surface area contributed by atoms with Gasteiger partial charge in [-0.15, -0.1) is 0 Å². The fourth-order valence-corrected chi connectivity index (χ4v) is 1.83. The molecule has 0 aliphatic carbocycles. The third kappa shape index (κ3) is 3.38. The van der Waals surface area contributed by atoms with Crippen LogP contribution in [0, 0.1) is 0 Å². The maximum atomic E-state index is 12.7. The van der Waals surface area contributed by atoms with Gasteiger partial charge in [-0.2, -0.15) is 18.3 Å². The van der Waals surface area contributed by atoms with Gasteiger partial charge < -0.3 is 4.90 Å². The summed E-state index contributed by atoms with van der Waals surface area (Å²) in [7, 11) is 3.37. The van der Waals surface area contributed by atoms with Crippen molar-refractivity contribution in [1.82, 2.24) is 19.7 Å². The van der Waals surface area contributed by atoms with Gasteiger partial charge >= 0.3 is 6.18 Å². The Bertz CT molecular complexity index is 610. The first-order valence-corrected chi connectivity index (χ1v) is 5.94. The lowest BCUT2D eigenvalue weighted by Gasteiger charge is -2.18. The molecule has 0 bridgehead atoms. The van der Waals surface area contributed by atoms with Gasteiger partial charge in [0.1, 0.15) is 5.82 Å². The zero-order valence-corrected chi connectivity index (χ0v) is 11.4. The molecule has 0 aliphatic rings. The predicted octanol–water partition coefficient (Wildman–Crippen LogP) is 2.52. The summed E-state index contributed by atoms with van der Waals surface area (Å²) in [5.74, 6) is 0.0983. The molecule has 5 nitrogen and oxygen atoms in total. The zero-order valence-electron chi connectivity index (χ0n) is 10.7. The van der Waals surface area contributed by atoms with E-state index in [0.29, 0.717) is 6.54 Å². The van der Waals surface area contributed by atoms with Crippen LogP contribution in [0.15, 0.2) is 18.5 Å². The van der Waals surface area contributed by atoms with Gasteiger partial charge in [0, 0.05) is 38.5 Å². The van der Waals surface area contributed by atoms with Crippen LogP contribution in [0.25, 0.3) is 0 Å². The number of hydrogen-bond donors (Lipinski definition) is 0. The van der Waals surface area contributed by atoms with Crippen molar-refractivity contribution < 1.29 is 13.2 Å². The SMILES string of the molecule is CN(Cc1cnn(C)c1)c1cc(C(F)(F)F)nc(Cl)n1. The quantitative estimate of drug-likeness (QED) is 0.818. The van der Waals surface area contributed by atoms with Crippen LogP contribution in [0.3, 0.4) is 0 Å². The van der Waals surface area contributed by atoms with E-state index in [1.165, 1.54) is 0 Å². The van der Waals surface area contributed by atoms with Crippen LogP contribution >= 0.6 is 11.6 Å². The number of hydrogen-bond acceptors (Lipinski definition) is 4. The van der Waals surface area contributed by atoms with E-state index in [9.17, 15) is 13.2 Å². The summed E-state index contributed by atoms with van der Waals surface area (Å²) in [6, 6.07) is 0.863. The summed E-state index contributed by atoms with van der Waals surface area (Å²) >= 11 is 5.54. The molecule has 0 unspecified atom stereocenters. The fraction of sp³-hybridized carbons (Fsp3) is 0.364. The third-order valence-electron chi connectivity index (χ3n) is 2.54. The smallest absolute Gasteiger partial charge is 0.355 e. The van der Waals surface area contributed by atoms with Crippen molar-refractivity contribution in [3.63, 3.8) is 0 Å². The van der Waals surface area contributed by atoms with Crippen molar-refractivity contribution in [3.05, 3.63) is 35.0 Å². The second-order valence-electron chi connectivity index (χ2n) is 4.26. The highest BCUT2D eigenvalue weighted by Gasteiger charge is 2.33. The minimum absolute atomic E-state index is 0.0983. The molecule has 20 heavy (non-hydrogen) atoms. The first-order valence-electron chi connectivity index (χ1n) is 5.56. The number of anilines is 1. The van der Waals surface area contributed by atoms with Gasteiger partial charge in [-0.1, -0.05) is 0 Å². The van der Waals surface area contributed by atoms with Crippen molar-refractivity contribution in [2.24, 2.45) is 7.05 Å². The Morgan fingerprint density at radius 3 is 2.60 bits per heavy atom. The molecule has 108 valence electrons. The summed E-state index contributed by atoms with van der Waals surface area (Å²) in [4.78, 5) is 8.53. The van der Waals surface area contributed by atoms with Gasteiger partial charge in [-0.3, -0.25) is 4.68 Å². The van der Waals surface area contributed by atoms with E-state index in [-0.39, 0.29) is 5.82 Å². The topological polar surface area (TPSA) is 46.8 Å². The Labute approximate surface area is 118 Å². The Kier molecular flexibility index (Phi) is 3.85. The van der Waals surface area contributed by atoms with Crippen molar-refractivity contribution in [3.8, 4) is 0 Å². The van der Waals surface area contributed by atoms with Crippen molar-refractivity contribution >= 4 is 17.4 Å². The standard InChI is InChI=1S/C11H11ClF3N5/c1-19(5-7-4-16-20(2)6-7)9-3-8(11(13,14)15)17-10(12)18-9/h3-4,6H,5H2,1-2H3. The molecular formula is C11H11ClF3N5. The average molecular weight is 306 g/mol. The van der Waals surface area contributed by atoms with E-state index < -0.39 is 17.2 Å². The van der Waals surface area contributed by atoms with E-state index in [4.69, 9.17) is 11.6 Å². The molecule has 0 fully saturated rings. The van der Waals surface area contributed by atoms with Crippen LogP contribution < -0.4 is 4.90 Å². The molecule has 0 aliphatic heterocycles. The monoisotopic (exact) mass is 305 g/mol. The Balaban J connectivity index is 2.25. The Hall–Kier alpha value is -1.83. The molecule has 2 heterocycles. The van der Waals surface area contributed by atoms with Gasteiger partial charge in [0.05, 0.1) is 6.20 Å². The largest absolute Gasteiger partial charge is 0.433 e. The number of rotatable bonds is 3. The average Bonchev–Trinajstić information content (AvgIpc) is 2.72. The zero-order chi connectivity index (χ0) is 14.9. The molecule has 0 saturated carbocycles. The summed E-state index contributed by atoms with van der Waals surface area (Å²) in [6.45, 7) is 0.360. The van der Waals surface area contributed by atoms with Crippen LogP contribution in [0.2, 0.25) is 5.28 Å². The molecule has 0 atom stereocenters. The van der Waals surface area contributed by atoms with Crippen molar-refractivity contribution in [2.75, 3.05) is 11.9 Å².